The Morgan fingerprint density at radius 3 is 2.12 bits per heavy atom. The Morgan fingerprint density at radius 2 is 1.75 bits per heavy atom. The number of hydrogen-bond acceptors (Lipinski definition) is 0. The van der Waals surface area contributed by atoms with E-state index in [1.807, 2.05) is 0 Å². The van der Waals surface area contributed by atoms with E-state index in [2.05, 4.69) is 15.9 Å². The molecule has 48 valence electrons. The third kappa shape index (κ3) is 2.31. The molecule has 1 saturated heterocycles. The quantitative estimate of drug-likeness (QED) is 0.490. The average molecular weight is 373 g/mol. The Balaban J connectivity index is 2.13. The van der Waals surface area contributed by atoms with Gasteiger partial charge >= 0.3 is 68.2 Å². The van der Waals surface area contributed by atoms with Crippen LogP contribution >= 0.6 is 15.9 Å². The van der Waals surface area contributed by atoms with Crippen LogP contribution in [0.3, 0.4) is 0 Å². The van der Waals surface area contributed by atoms with E-state index >= 15 is 0 Å². The Labute approximate surface area is 67.8 Å². The van der Waals surface area contributed by atoms with E-state index < -0.39 is 21.8 Å². The van der Waals surface area contributed by atoms with Gasteiger partial charge in [0.25, 0.3) is 0 Å². The zero-order chi connectivity index (χ0) is 5.82. The van der Waals surface area contributed by atoms with Crippen LogP contribution in [-0.2, 0) is 0 Å². The second-order valence-corrected chi connectivity index (χ2v) is 16.3. The van der Waals surface area contributed by atoms with Crippen LogP contribution in [0.1, 0.15) is 19.3 Å². The fraction of sp³-hybridized carbons (Fsp3) is 1.00. The van der Waals surface area contributed by atoms with Crippen molar-refractivity contribution in [2.45, 2.75) is 27.5 Å². The second-order valence-electron chi connectivity index (χ2n) is 2.30. The molecule has 0 spiro atoms. The van der Waals surface area contributed by atoms with Gasteiger partial charge in [-0.25, -0.2) is 0 Å². The Morgan fingerprint density at radius 1 is 1.12 bits per heavy atom. The predicted octanol–water partition coefficient (Wildman–Crippen LogP) is 2.60. The molecule has 1 fully saturated rings. The minimum absolute atomic E-state index is 0.745. The van der Waals surface area contributed by atoms with Crippen LogP contribution in [0.25, 0.3) is 0 Å². The first-order valence-electron chi connectivity index (χ1n) is 3.22. The van der Waals surface area contributed by atoms with Gasteiger partial charge in [0.05, 0.1) is 0 Å². The molecule has 1 aliphatic rings. The summed E-state index contributed by atoms with van der Waals surface area (Å²) in [5.41, 5.74) is 0. The van der Waals surface area contributed by atoms with Crippen LogP contribution in [0.5, 0.6) is 0 Å². The van der Waals surface area contributed by atoms with Crippen molar-refractivity contribution < 1.29 is 0 Å². The molecule has 0 aliphatic carbocycles. The van der Waals surface area contributed by atoms with E-state index in [4.69, 9.17) is 0 Å². The van der Waals surface area contributed by atoms with Gasteiger partial charge in [0, 0.05) is 0 Å². The molecule has 0 bridgehead atoms. The maximum atomic E-state index is 3.60. The standard InChI is InChI=1S/C5H10.CH2Br.Bi/c1-3-5-4-2;1-2;/h1-5H2;1H2;. The van der Waals surface area contributed by atoms with Gasteiger partial charge in [0.15, 0.2) is 0 Å². The van der Waals surface area contributed by atoms with E-state index in [0.717, 1.165) is 0 Å². The summed E-state index contributed by atoms with van der Waals surface area (Å²) >= 11 is 2.86. The molecule has 1 heterocycles. The van der Waals surface area contributed by atoms with Crippen LogP contribution in [0.2, 0.25) is 8.26 Å². The first-order chi connectivity index (χ1) is 3.93. The van der Waals surface area contributed by atoms with Gasteiger partial charge in [-0.15, -0.1) is 0 Å². The van der Waals surface area contributed by atoms with Crippen LogP contribution in [-0.4, -0.2) is 24.8 Å². The Kier molecular flexibility index (Phi) is 3.94. The van der Waals surface area contributed by atoms with Gasteiger partial charge < -0.3 is 0 Å². The summed E-state index contributed by atoms with van der Waals surface area (Å²) in [6.45, 7) is 0. The molecule has 0 aromatic heterocycles. The normalized spacial score (nSPS) is 23.6. The van der Waals surface area contributed by atoms with E-state index in [1.54, 1.807) is 21.1 Å². The third-order valence-corrected chi connectivity index (χ3v) is 16.5. The summed E-state index contributed by atoms with van der Waals surface area (Å²) in [6.07, 6.45) is 4.64. The molecular weight excluding hydrogens is 361 g/mol. The van der Waals surface area contributed by atoms with Gasteiger partial charge in [-0.1, -0.05) is 0 Å². The van der Waals surface area contributed by atoms with E-state index in [0.29, 0.717) is 0 Å². The second kappa shape index (κ2) is 4.22. The molecule has 0 N–H and O–H groups in total. The van der Waals surface area contributed by atoms with Gasteiger partial charge in [-0.3, -0.25) is 0 Å². The predicted molar refractivity (Wildman–Crippen MR) is 43.0 cm³/mol. The number of alkyl halides is 1. The summed E-state index contributed by atoms with van der Waals surface area (Å²) in [4.78, 5) is 0. The number of hydrogen-bond donors (Lipinski definition) is 0. The molecule has 8 heavy (non-hydrogen) atoms. The van der Waals surface area contributed by atoms with E-state index in [9.17, 15) is 0 Å². The van der Waals surface area contributed by atoms with Gasteiger partial charge in [0.2, 0.25) is 0 Å². The average Bonchev–Trinajstić information content (AvgIpc) is 1.90. The minimum atomic E-state index is -0.745. The molecule has 2 heteroatoms. The molecule has 0 aromatic rings. The maximum absolute atomic E-state index is 3.60. The first-order valence-corrected chi connectivity index (χ1v) is 11.7. The van der Waals surface area contributed by atoms with Crippen LogP contribution in [0.15, 0.2) is 0 Å². The van der Waals surface area contributed by atoms with Crippen molar-refractivity contribution in [1.82, 2.24) is 0 Å². The third-order valence-electron chi connectivity index (χ3n) is 1.62. The SMILES string of the molecule is Br[CH2][Bi]1[CH2]CCC[CH2]1. The first kappa shape index (κ1) is 7.47. The molecule has 0 nitrogen and oxygen atoms in total. The molecule has 0 unspecified atom stereocenters. The van der Waals surface area contributed by atoms with Gasteiger partial charge in [-0.05, 0) is 0 Å². The van der Waals surface area contributed by atoms with Crippen molar-refractivity contribution in [1.29, 1.82) is 0 Å². The molecule has 0 saturated carbocycles. The zero-order valence-corrected chi connectivity index (χ0v) is 10.1. The number of halogens is 1. The van der Waals surface area contributed by atoms with Crippen molar-refractivity contribution in [3.63, 3.8) is 0 Å². The zero-order valence-electron chi connectivity index (χ0n) is 5.07. The molecule has 1 aliphatic heterocycles. The van der Waals surface area contributed by atoms with Crippen molar-refractivity contribution in [2.24, 2.45) is 0 Å². The molecule has 0 atom stereocenters. The summed E-state index contributed by atoms with van der Waals surface area (Å²) in [7, 11) is 0. The molecule has 0 radical (unpaired) electrons. The summed E-state index contributed by atoms with van der Waals surface area (Å²) in [6, 6.07) is 0. The van der Waals surface area contributed by atoms with Gasteiger partial charge in [0.1, 0.15) is 0 Å². The Bertz CT molecular complexity index is 59.5. The van der Waals surface area contributed by atoms with E-state index in [-0.39, 0.29) is 0 Å². The van der Waals surface area contributed by atoms with Crippen LogP contribution in [0, 0.1) is 0 Å². The van der Waals surface area contributed by atoms with Gasteiger partial charge in [-0.2, -0.15) is 0 Å². The summed E-state index contributed by atoms with van der Waals surface area (Å²) in [5.74, 6) is 0. The van der Waals surface area contributed by atoms with Crippen molar-refractivity contribution in [2.75, 3.05) is 3.04 Å². The topological polar surface area (TPSA) is 0 Å². The monoisotopic (exact) mass is 372 g/mol. The molecule has 1 rings (SSSR count). The Hall–Kier alpha value is 1.36. The molecule has 0 aromatic carbocycles. The van der Waals surface area contributed by atoms with Crippen molar-refractivity contribution >= 4 is 37.7 Å². The molecule has 0 amide bonds. The fourth-order valence-electron chi connectivity index (χ4n) is 1.08. The van der Waals surface area contributed by atoms with Crippen LogP contribution in [0.4, 0.5) is 0 Å². The van der Waals surface area contributed by atoms with E-state index in [1.165, 1.54) is 9.46 Å². The van der Waals surface area contributed by atoms with Crippen molar-refractivity contribution in [3.05, 3.63) is 0 Å². The number of rotatable bonds is 1. The fourth-order valence-corrected chi connectivity index (χ4v) is 12.5. The van der Waals surface area contributed by atoms with Crippen molar-refractivity contribution in [3.8, 4) is 0 Å². The van der Waals surface area contributed by atoms with Crippen LogP contribution < -0.4 is 0 Å². The summed E-state index contributed by atoms with van der Waals surface area (Å²) < 4.78 is 4.77. The molecular formula is C6H12BiBr. The summed E-state index contributed by atoms with van der Waals surface area (Å²) in [5, 5.41) is 0.